The summed E-state index contributed by atoms with van der Waals surface area (Å²) in [4.78, 5) is 115. The Labute approximate surface area is 647 Å². The molecule has 4 fully saturated rings. The van der Waals surface area contributed by atoms with E-state index in [0.717, 1.165) is 45.5 Å². The van der Waals surface area contributed by atoms with Gasteiger partial charge in [-0.2, -0.15) is 0 Å². The van der Waals surface area contributed by atoms with Crippen molar-refractivity contribution in [2.75, 3.05) is 84.5 Å². The number of ketones is 3. The van der Waals surface area contributed by atoms with Crippen LogP contribution in [0.1, 0.15) is 139 Å². The van der Waals surface area contributed by atoms with E-state index in [1.165, 1.54) is 25.3 Å². The number of carbonyl (C=O) groups excluding carboxylic acids is 9. The summed E-state index contributed by atoms with van der Waals surface area (Å²) in [5.74, 6) is 2.45. The van der Waals surface area contributed by atoms with Crippen molar-refractivity contribution in [3.05, 3.63) is 154 Å². The number of urea groups is 1. The smallest absolute Gasteiger partial charge is 0.407 e. The molecule has 7 amide bonds. The molecule has 27 heteroatoms. The first kappa shape index (κ1) is 85.7. The molecule has 0 radical (unpaired) electrons. The number of fused-ring (bicyclic) bond motifs is 9. The standard InChI is InChI=1S/C43H60N6O10.C41H47F2NO8/c1-31(2)41(37(50)29-34(42(54)45-3)12-8-19-47-43(44)55)48-39(52)18-21-56-23-25-58-27-28-59-26-24-57-22-20-46-38(51)16-17-40(53)49-30-35-11-5-4-9-32(35)14-15-33-10-6-7-13-36(33)49;1-5-6-36-51-35-19-29-30-18-32(42)31-17-27(45)15-16-38(31,3)40(30,43)33(46)20-39(29,4)41(35,52-36)34(47)23-49-28-13-11-25(12-14-28)21-44-37(48)50-22-26-9-7-24(2)8-10-26/h4-7,9-11,13,31,34,41H,8,12,16-30H2,1-3H3,(H,45,54)(H,46,51)(H,48,52)(H3,44,47,55);7-17,29-30,32-33,35-36,46H,5-6,18-23H2,1-4H3,(H,44,48)/t34-,41+;29-,30-,32-,33-,35+,36?,38-,39-,40-,41+/m10/s1. The maximum atomic E-state index is 17.7. The number of nitrogens with two attached hydrogens (primary N) is 1. The second-order valence-electron chi connectivity index (χ2n) is 29.7. The van der Waals surface area contributed by atoms with Crippen molar-refractivity contribution in [2.45, 2.75) is 174 Å². The molecule has 10 rings (SSSR count). The third-order valence-electron chi connectivity index (χ3n) is 21.9. The van der Waals surface area contributed by atoms with Gasteiger partial charge in [0.05, 0.1) is 83.3 Å². The molecule has 4 aliphatic carbocycles. The average molecular weight is 1540 g/mol. The molecule has 8 N–H and O–H groups in total. The normalized spacial score (nSPS) is 24.2. The van der Waals surface area contributed by atoms with Crippen molar-refractivity contribution in [1.29, 1.82) is 0 Å². The van der Waals surface area contributed by atoms with Crippen LogP contribution < -0.4 is 42.0 Å². The number of allylic oxidation sites excluding steroid dienone is 4. The Morgan fingerprint density at radius 3 is 2.11 bits per heavy atom. The molecular weight excluding hydrogens is 1430 g/mol. The SMILES string of the molecule is CCCC1O[C@@H]2C[C@H]3[C@@H]4C[C@H](F)C5=CC(=O)C=C[C@]5(C)[C@@]4(F)[C@@H](O)C[C@]3(C)[C@]2(C(=O)COc2ccc(CNC(=O)OCc3ccc(C)cc3)cc2)O1.CNC(=O)[C@H](CCCNC(N)=O)CC(=O)[C@@H](NC(=O)CCOCCOCCOCCOCCNC(=O)CCC(=O)N1Cc2ccccc2C#Cc2ccccc21)C(C)C. The van der Waals surface area contributed by atoms with Crippen LogP contribution in [0.15, 0.2) is 121 Å². The lowest BCUT2D eigenvalue weighted by molar-refractivity contribution is -0.234. The fraction of sp³-hybridized carbons (Fsp3) is 0.536. The molecule has 25 nitrogen and oxygen atoms in total. The molecule has 3 saturated carbocycles. The number of primary amides is 1. The minimum Gasteiger partial charge on any atom is -0.486 e. The molecule has 0 spiro atoms. The first-order valence-corrected chi connectivity index (χ1v) is 38.4. The van der Waals surface area contributed by atoms with Crippen molar-refractivity contribution >= 4 is 58.8 Å². The number of halogens is 2. The van der Waals surface area contributed by atoms with E-state index in [1.54, 1.807) is 36.1 Å². The van der Waals surface area contributed by atoms with Gasteiger partial charge in [0.15, 0.2) is 29.1 Å². The molecule has 6 aliphatic rings. The second kappa shape index (κ2) is 40.3. The predicted molar refractivity (Wildman–Crippen MR) is 408 cm³/mol. The van der Waals surface area contributed by atoms with Gasteiger partial charge in [-0.05, 0) is 129 Å². The van der Waals surface area contributed by atoms with E-state index in [0.29, 0.717) is 84.3 Å². The minimum atomic E-state index is -2.28. The number of amides is 7. The molecule has 0 aromatic heterocycles. The number of alkyl halides is 2. The maximum absolute atomic E-state index is 17.7. The van der Waals surface area contributed by atoms with E-state index in [-0.39, 0.29) is 125 Å². The van der Waals surface area contributed by atoms with Gasteiger partial charge in [-0.25, -0.2) is 18.4 Å². The lowest BCUT2D eigenvalue weighted by Crippen LogP contribution is -2.71. The number of carbonyl (C=O) groups is 9. The van der Waals surface area contributed by atoms with Crippen LogP contribution in [0.4, 0.5) is 24.1 Å². The number of aryl methyl sites for hydroxylation is 1. The Balaban J connectivity index is 0.000000257. The van der Waals surface area contributed by atoms with Crippen molar-refractivity contribution in [3.8, 4) is 17.6 Å². The number of hydrogen-bond acceptors (Lipinski definition) is 18. The summed E-state index contributed by atoms with van der Waals surface area (Å²) in [6.07, 6.45) is 0.874. The van der Waals surface area contributed by atoms with Gasteiger partial charge in [-0.15, -0.1) is 0 Å². The first-order valence-electron chi connectivity index (χ1n) is 38.4. The van der Waals surface area contributed by atoms with Gasteiger partial charge in [0, 0.05) is 86.2 Å². The Morgan fingerprint density at radius 2 is 1.42 bits per heavy atom. The van der Waals surface area contributed by atoms with Gasteiger partial charge in [0.25, 0.3) is 0 Å². The number of aliphatic hydroxyl groups is 1. The zero-order chi connectivity index (χ0) is 79.9. The quantitative estimate of drug-likeness (QED) is 0.0163. The summed E-state index contributed by atoms with van der Waals surface area (Å²) in [5, 5.41) is 25.1. The highest BCUT2D eigenvalue weighted by Gasteiger charge is 2.80. The lowest BCUT2D eigenvalue weighted by Gasteiger charge is -2.63. The summed E-state index contributed by atoms with van der Waals surface area (Å²) in [7, 11) is 1.50. The van der Waals surface area contributed by atoms with Gasteiger partial charge >= 0.3 is 12.1 Å². The van der Waals surface area contributed by atoms with E-state index in [9.17, 15) is 48.3 Å². The highest BCUT2D eigenvalue weighted by molar-refractivity contribution is 6.01. The zero-order valence-corrected chi connectivity index (χ0v) is 64.5. The van der Waals surface area contributed by atoms with E-state index >= 15 is 8.78 Å². The summed E-state index contributed by atoms with van der Waals surface area (Å²) in [6, 6.07) is 28.5. The van der Waals surface area contributed by atoms with Crippen molar-refractivity contribution in [2.24, 2.45) is 40.2 Å². The van der Waals surface area contributed by atoms with Gasteiger partial charge in [0.1, 0.15) is 25.1 Å². The van der Waals surface area contributed by atoms with E-state index in [4.69, 9.17) is 43.6 Å². The van der Waals surface area contributed by atoms with Gasteiger partial charge in [-0.1, -0.05) is 124 Å². The lowest BCUT2D eigenvalue weighted by atomic mass is 9.44. The summed E-state index contributed by atoms with van der Waals surface area (Å²) < 4.78 is 80.0. The van der Waals surface area contributed by atoms with Crippen LogP contribution in [0.25, 0.3) is 0 Å². The highest BCUT2D eigenvalue weighted by Crippen LogP contribution is 2.72. The van der Waals surface area contributed by atoms with Crippen LogP contribution in [0.2, 0.25) is 0 Å². The minimum absolute atomic E-state index is 0.0424. The number of Topliss-reactive ketones (excluding diaryl/α,β-unsaturated/α-hetero) is 2. The Kier molecular flexibility index (Phi) is 31.1. The van der Waals surface area contributed by atoms with E-state index in [2.05, 4.69) is 38.4 Å². The number of nitrogens with one attached hydrogen (secondary N) is 5. The van der Waals surface area contributed by atoms with Crippen molar-refractivity contribution in [3.63, 3.8) is 0 Å². The van der Waals surface area contributed by atoms with Crippen LogP contribution in [-0.2, 0) is 86.4 Å². The van der Waals surface area contributed by atoms with E-state index in [1.807, 2.05) is 107 Å². The fourth-order valence-corrected chi connectivity index (χ4v) is 16.1. The van der Waals surface area contributed by atoms with Crippen molar-refractivity contribution in [1.82, 2.24) is 26.6 Å². The Bertz CT molecular complexity index is 4040. The highest BCUT2D eigenvalue weighted by atomic mass is 19.1. The number of nitrogens with zero attached hydrogens (tertiary/aromatic N) is 1. The number of para-hydroxylation sites is 1. The van der Waals surface area contributed by atoms with Crippen LogP contribution >= 0.6 is 0 Å². The second-order valence-corrected chi connectivity index (χ2v) is 29.7. The van der Waals surface area contributed by atoms with Gasteiger partial charge in [0.2, 0.25) is 29.4 Å². The first-order chi connectivity index (χ1) is 53.2. The molecule has 0 bridgehead atoms. The zero-order valence-electron chi connectivity index (χ0n) is 64.5. The van der Waals surface area contributed by atoms with Crippen LogP contribution in [0.3, 0.4) is 0 Å². The molecular formula is C84H107F2N7O18. The summed E-state index contributed by atoms with van der Waals surface area (Å²) in [6.45, 7) is 14.4. The molecule has 4 aromatic rings. The summed E-state index contributed by atoms with van der Waals surface area (Å²) in [5.41, 5.74) is 4.80. The topological polar surface area (TPSA) is 337 Å². The molecule has 4 aromatic carbocycles. The Morgan fingerprint density at radius 1 is 0.766 bits per heavy atom. The number of benzene rings is 4. The number of hydrogen-bond donors (Lipinski definition) is 7. The monoisotopic (exact) mass is 1540 g/mol. The van der Waals surface area contributed by atoms with Crippen LogP contribution in [-0.4, -0.2) is 180 Å². The third-order valence-corrected chi connectivity index (χ3v) is 21.9. The largest absolute Gasteiger partial charge is 0.486 e. The molecule has 111 heavy (non-hydrogen) atoms. The molecule has 2 heterocycles. The number of aliphatic hydroxyl groups excluding tert-OH is 1. The number of anilines is 1. The molecule has 1 unspecified atom stereocenters. The average Bonchev–Trinajstić information content (AvgIpc) is 1.55. The fourth-order valence-electron chi connectivity index (χ4n) is 16.1. The molecule has 12 atom stereocenters. The number of alkyl carbamates (subject to hydrolysis) is 1. The molecule has 1 saturated heterocycles. The van der Waals surface area contributed by atoms with Crippen LogP contribution in [0.5, 0.6) is 5.75 Å². The van der Waals surface area contributed by atoms with Crippen molar-refractivity contribution < 1.29 is 94.9 Å². The van der Waals surface area contributed by atoms with E-state index < -0.39 is 88.5 Å². The third kappa shape index (κ3) is 21.5. The van der Waals surface area contributed by atoms with Crippen LogP contribution in [0, 0.1) is 53.3 Å². The van der Waals surface area contributed by atoms with Gasteiger partial charge in [-0.3, -0.25) is 33.6 Å². The Hall–Kier alpha value is -9.27. The van der Waals surface area contributed by atoms with Gasteiger partial charge < -0.3 is 80.2 Å². The molecule has 600 valence electrons. The maximum Gasteiger partial charge on any atom is 0.407 e. The number of ether oxygens (including phenoxy) is 8. The predicted octanol–water partition coefficient (Wildman–Crippen LogP) is 8.78. The molecule has 2 aliphatic heterocycles. The summed E-state index contributed by atoms with van der Waals surface area (Å²) >= 11 is 0. The number of rotatable bonds is 38.